The van der Waals surface area contributed by atoms with Crippen LogP contribution in [0.5, 0.6) is 0 Å². The first-order chi connectivity index (χ1) is 12.5. The number of halogens is 1. The van der Waals surface area contributed by atoms with Gasteiger partial charge in [0.2, 0.25) is 0 Å². The second-order valence-corrected chi connectivity index (χ2v) is 7.56. The van der Waals surface area contributed by atoms with Crippen molar-refractivity contribution in [2.45, 2.75) is 24.9 Å². The van der Waals surface area contributed by atoms with Crippen LogP contribution in [0.25, 0.3) is 0 Å². The molecule has 4 heterocycles. The minimum absolute atomic E-state index is 0.0190. The number of likely N-dealkylation sites (tertiary alicyclic amines) is 1. The van der Waals surface area contributed by atoms with Gasteiger partial charge in [0.1, 0.15) is 10.5 Å². The number of thiophene rings is 1. The summed E-state index contributed by atoms with van der Waals surface area (Å²) in [7, 11) is 0. The van der Waals surface area contributed by atoms with Gasteiger partial charge in [0.15, 0.2) is 5.82 Å². The van der Waals surface area contributed by atoms with Crippen molar-refractivity contribution >= 4 is 23.2 Å². The Hall–Kier alpha value is -2.32. The van der Waals surface area contributed by atoms with Gasteiger partial charge in [-0.15, -0.1) is 11.3 Å². The van der Waals surface area contributed by atoms with Gasteiger partial charge < -0.3 is 14.7 Å². The van der Waals surface area contributed by atoms with E-state index in [9.17, 15) is 19.1 Å². The van der Waals surface area contributed by atoms with Crippen molar-refractivity contribution in [1.82, 2.24) is 9.88 Å². The Bertz CT molecular complexity index is 874. The van der Waals surface area contributed by atoms with E-state index in [1.165, 1.54) is 23.6 Å². The zero-order valence-corrected chi connectivity index (χ0v) is 14.7. The molecule has 0 unspecified atom stereocenters. The van der Waals surface area contributed by atoms with Crippen LogP contribution in [0, 0.1) is 5.82 Å². The number of carboxylic acid groups (broad SMARTS) is 1. The fourth-order valence-electron chi connectivity index (χ4n) is 3.69. The Labute approximate surface area is 153 Å². The lowest BCUT2D eigenvalue weighted by molar-refractivity contribution is -0.0906. The Morgan fingerprint density at radius 2 is 2.12 bits per heavy atom. The highest BCUT2D eigenvalue weighted by molar-refractivity contribution is 7.14. The third-order valence-corrected chi connectivity index (χ3v) is 6.40. The minimum atomic E-state index is -0.930. The number of pyridine rings is 1. The number of carboxylic acids is 1. The maximum Gasteiger partial charge on any atom is 0.345 e. The van der Waals surface area contributed by atoms with Gasteiger partial charge >= 0.3 is 5.97 Å². The summed E-state index contributed by atoms with van der Waals surface area (Å²) in [5, 5.41) is 9.26. The van der Waals surface area contributed by atoms with Crippen LogP contribution in [0.1, 0.15) is 43.3 Å². The van der Waals surface area contributed by atoms with Crippen molar-refractivity contribution in [3.63, 3.8) is 0 Å². The highest BCUT2D eigenvalue weighted by atomic mass is 32.1. The van der Waals surface area contributed by atoms with Crippen molar-refractivity contribution < 1.29 is 23.8 Å². The highest BCUT2D eigenvalue weighted by Crippen LogP contribution is 2.45. The zero-order chi connectivity index (χ0) is 18.3. The maximum atomic E-state index is 13.8. The molecule has 6 nitrogen and oxygen atoms in total. The second-order valence-electron chi connectivity index (χ2n) is 6.51. The van der Waals surface area contributed by atoms with E-state index in [0.29, 0.717) is 43.8 Å². The largest absolute Gasteiger partial charge is 0.477 e. The van der Waals surface area contributed by atoms with Crippen LogP contribution in [0.2, 0.25) is 0 Å². The maximum absolute atomic E-state index is 13.8. The molecular formula is C18H17FN2O4S. The molecule has 1 saturated heterocycles. The number of piperidine rings is 1. The Kier molecular flexibility index (Phi) is 4.24. The van der Waals surface area contributed by atoms with Crippen LogP contribution < -0.4 is 0 Å². The van der Waals surface area contributed by atoms with Crippen LogP contribution in [-0.2, 0) is 16.8 Å². The number of aromatic carboxylic acids is 1. The number of hydrogen-bond acceptors (Lipinski definition) is 5. The molecule has 1 fully saturated rings. The quantitative estimate of drug-likeness (QED) is 0.872. The molecule has 4 rings (SSSR count). The van der Waals surface area contributed by atoms with Gasteiger partial charge in [-0.25, -0.2) is 9.18 Å². The first kappa shape index (κ1) is 17.1. The summed E-state index contributed by atoms with van der Waals surface area (Å²) in [6.45, 7) is 1.40. The van der Waals surface area contributed by atoms with Gasteiger partial charge in [0.25, 0.3) is 5.91 Å². The molecule has 0 atom stereocenters. The summed E-state index contributed by atoms with van der Waals surface area (Å²) < 4.78 is 19.9. The molecule has 2 aliphatic rings. The van der Waals surface area contributed by atoms with Crippen molar-refractivity contribution in [3.05, 3.63) is 51.2 Å². The van der Waals surface area contributed by atoms with Crippen molar-refractivity contribution in [2.75, 3.05) is 19.7 Å². The third-order valence-electron chi connectivity index (χ3n) is 5.04. The predicted molar refractivity (Wildman–Crippen MR) is 91.9 cm³/mol. The number of rotatable bonds is 2. The second kappa shape index (κ2) is 6.44. The fraction of sp³-hybridized carbons (Fsp3) is 0.389. The molecule has 0 aliphatic carbocycles. The average Bonchev–Trinajstić information content (AvgIpc) is 3.09. The van der Waals surface area contributed by atoms with Crippen LogP contribution in [-0.4, -0.2) is 46.6 Å². The third kappa shape index (κ3) is 2.79. The molecule has 8 heteroatoms. The van der Waals surface area contributed by atoms with Crippen molar-refractivity contribution in [2.24, 2.45) is 0 Å². The van der Waals surface area contributed by atoms with Gasteiger partial charge in [-0.2, -0.15) is 0 Å². The van der Waals surface area contributed by atoms with Gasteiger partial charge in [-0.05, 0) is 37.0 Å². The van der Waals surface area contributed by atoms with Crippen LogP contribution in [0.15, 0.2) is 24.5 Å². The van der Waals surface area contributed by atoms with E-state index in [0.717, 1.165) is 16.6 Å². The van der Waals surface area contributed by atoms with Crippen molar-refractivity contribution in [1.29, 1.82) is 0 Å². The van der Waals surface area contributed by atoms with E-state index >= 15 is 0 Å². The molecule has 1 N–H and O–H groups in total. The van der Waals surface area contributed by atoms with Crippen LogP contribution in [0.4, 0.5) is 4.39 Å². The SMILES string of the molecule is O=C(O)c1cc2c(s1)C1(CCN(C(=O)c3ccncc3F)CC1)OCC2. The Morgan fingerprint density at radius 1 is 1.35 bits per heavy atom. The van der Waals surface area contributed by atoms with E-state index in [2.05, 4.69) is 4.98 Å². The summed E-state index contributed by atoms with van der Waals surface area (Å²) in [5.41, 5.74) is 0.503. The lowest BCUT2D eigenvalue weighted by Gasteiger charge is -2.43. The number of fused-ring (bicyclic) bond motifs is 2. The van der Waals surface area contributed by atoms with Gasteiger partial charge in [0.05, 0.1) is 18.4 Å². The smallest absolute Gasteiger partial charge is 0.345 e. The molecule has 0 saturated carbocycles. The summed E-state index contributed by atoms with van der Waals surface area (Å²) in [6, 6.07) is 3.12. The van der Waals surface area contributed by atoms with Crippen molar-refractivity contribution in [3.8, 4) is 0 Å². The molecule has 1 amide bonds. The van der Waals surface area contributed by atoms with E-state index in [4.69, 9.17) is 4.74 Å². The highest BCUT2D eigenvalue weighted by Gasteiger charge is 2.43. The lowest BCUT2D eigenvalue weighted by Crippen LogP contribution is -2.48. The van der Waals surface area contributed by atoms with E-state index in [-0.39, 0.29) is 11.5 Å². The molecule has 2 aromatic rings. The first-order valence-corrected chi connectivity index (χ1v) is 9.21. The molecule has 26 heavy (non-hydrogen) atoms. The molecule has 1 spiro atoms. The summed E-state index contributed by atoms with van der Waals surface area (Å²) >= 11 is 1.26. The minimum Gasteiger partial charge on any atom is -0.477 e. The predicted octanol–water partition coefficient (Wildman–Crippen LogP) is 2.68. The molecule has 0 aromatic carbocycles. The average molecular weight is 376 g/mol. The number of carbonyl (C=O) groups excluding carboxylic acids is 1. The van der Waals surface area contributed by atoms with E-state index in [1.54, 1.807) is 11.0 Å². The number of nitrogens with zero attached hydrogens (tertiary/aromatic N) is 2. The lowest BCUT2D eigenvalue weighted by atomic mass is 9.85. The number of ether oxygens (including phenoxy) is 1. The molecular weight excluding hydrogens is 359 g/mol. The zero-order valence-electron chi connectivity index (χ0n) is 13.9. The first-order valence-electron chi connectivity index (χ1n) is 8.39. The van der Waals surface area contributed by atoms with Gasteiger partial charge in [-0.1, -0.05) is 0 Å². The monoisotopic (exact) mass is 376 g/mol. The number of aromatic nitrogens is 1. The molecule has 136 valence electrons. The van der Waals surface area contributed by atoms with E-state index < -0.39 is 17.4 Å². The topological polar surface area (TPSA) is 79.7 Å². The van der Waals surface area contributed by atoms with E-state index in [1.807, 2.05) is 0 Å². The van der Waals surface area contributed by atoms with Gasteiger partial charge in [0, 0.05) is 24.2 Å². The fourth-order valence-corrected chi connectivity index (χ4v) is 4.94. The van der Waals surface area contributed by atoms with Crippen LogP contribution in [0.3, 0.4) is 0 Å². The molecule has 0 bridgehead atoms. The normalized spacial score (nSPS) is 18.6. The molecule has 0 radical (unpaired) electrons. The Morgan fingerprint density at radius 3 is 2.81 bits per heavy atom. The van der Waals surface area contributed by atoms with Crippen LogP contribution >= 0.6 is 11.3 Å². The summed E-state index contributed by atoms with van der Waals surface area (Å²) in [5.74, 6) is -1.91. The molecule has 2 aliphatic heterocycles. The molecule has 2 aromatic heterocycles. The summed E-state index contributed by atoms with van der Waals surface area (Å²) in [4.78, 5) is 30.4. The summed E-state index contributed by atoms with van der Waals surface area (Å²) in [6.07, 6.45) is 4.27. The number of carbonyl (C=O) groups is 2. The number of hydrogen-bond donors (Lipinski definition) is 1. The number of amides is 1. The Balaban J connectivity index is 1.55. The van der Waals surface area contributed by atoms with Gasteiger partial charge in [-0.3, -0.25) is 9.78 Å². The standard InChI is InChI=1S/C18H17FN2O4S/c19-13-10-20-5-1-12(13)16(22)21-6-3-18(4-7-21)15-11(2-8-25-18)9-14(26-15)17(23)24/h1,5,9-10H,2-4,6-8H2,(H,23,24).